The number of nitrogens with one attached hydrogen (secondary N) is 2. The summed E-state index contributed by atoms with van der Waals surface area (Å²) in [6, 6.07) is -2.74. The summed E-state index contributed by atoms with van der Waals surface area (Å²) in [5.41, 5.74) is 2.95. The fourth-order valence-corrected chi connectivity index (χ4v) is 9.07. The normalized spacial score (nSPS) is 39.0. The lowest BCUT2D eigenvalue weighted by Crippen LogP contribution is -2.54. The van der Waals surface area contributed by atoms with Crippen LogP contribution in [-0.2, 0) is 19.2 Å². The number of carbonyl (C=O) groups is 3. The predicted molar refractivity (Wildman–Crippen MR) is 162 cm³/mol. The summed E-state index contributed by atoms with van der Waals surface area (Å²) in [4.78, 5) is 64.4. The Morgan fingerprint density at radius 3 is 1.82 bits per heavy atom. The van der Waals surface area contributed by atoms with Gasteiger partial charge in [0.2, 0.25) is 18.0 Å². The molecule has 12 atom stereocenters. The van der Waals surface area contributed by atoms with E-state index in [1.807, 2.05) is 0 Å². The van der Waals surface area contributed by atoms with Crippen molar-refractivity contribution in [3.63, 3.8) is 0 Å². The maximum absolute atomic E-state index is 13.1. The quantitative estimate of drug-likeness (QED) is 0.132. The number of hydrogen-bond donors (Lipinski definition) is 4. The predicted octanol–water partition coefficient (Wildman–Crippen LogP) is 3.86. The van der Waals surface area contributed by atoms with Gasteiger partial charge in [-0.1, -0.05) is 0 Å². The molecular weight excluding hydrogens is 635 g/mol. The molecule has 0 aliphatic heterocycles. The van der Waals surface area contributed by atoms with E-state index in [-0.39, 0.29) is 36.2 Å². The highest BCUT2D eigenvalue weighted by Crippen LogP contribution is 2.39. The largest absolute Gasteiger partial charge is 0.481 e. The van der Waals surface area contributed by atoms with E-state index in [0.29, 0.717) is 50.4 Å². The zero-order chi connectivity index (χ0) is 32.8. The van der Waals surface area contributed by atoms with E-state index < -0.39 is 69.5 Å². The van der Waals surface area contributed by atoms with Crippen LogP contribution in [0.3, 0.4) is 0 Å². The van der Waals surface area contributed by atoms with Crippen LogP contribution in [0.4, 0.5) is 0 Å². The first kappa shape index (κ1) is 35.6. The van der Waals surface area contributed by atoms with Crippen molar-refractivity contribution in [1.82, 2.24) is 10.8 Å². The Balaban J connectivity index is 1.22. The molecule has 4 N–H and O–H groups in total. The molecule has 4 fully saturated rings. The van der Waals surface area contributed by atoms with Crippen LogP contribution in [0.1, 0.15) is 83.5 Å². The Labute approximate surface area is 271 Å². The Morgan fingerprint density at radius 1 is 0.756 bits per heavy atom. The average Bonchev–Trinajstić information content (AvgIpc) is 2.98. The molecule has 0 saturated heterocycles. The molecule has 4 aliphatic rings. The van der Waals surface area contributed by atoms with E-state index in [4.69, 9.17) is 28.0 Å². The Kier molecular flexibility index (Phi) is 12.7. The van der Waals surface area contributed by atoms with Gasteiger partial charge < -0.3 is 20.4 Å². The molecule has 254 valence electrons. The first-order valence-electron chi connectivity index (χ1n) is 16.1. The van der Waals surface area contributed by atoms with E-state index in [1.165, 1.54) is 0 Å². The number of hydrogen-bond acceptors (Lipinski definition) is 9. The summed E-state index contributed by atoms with van der Waals surface area (Å²) < 4.78 is 0. The number of carboxylic acid groups (broad SMARTS) is 2. The number of nitro groups is 2. The molecule has 0 bridgehead atoms. The summed E-state index contributed by atoms with van der Waals surface area (Å²) in [5, 5.41) is 44.5. The lowest BCUT2D eigenvalue weighted by atomic mass is 9.74. The lowest BCUT2D eigenvalue weighted by molar-refractivity contribution is -0.538. The molecule has 45 heavy (non-hydrogen) atoms. The molecule has 0 heterocycles. The molecule has 4 aliphatic carbocycles. The number of carboxylic acids is 2. The number of halogens is 2. The fraction of sp³-hybridized carbons (Fsp3) is 0.897. The fourth-order valence-electron chi connectivity index (χ4n) is 8.20. The number of hydroxylamine groups is 1. The van der Waals surface area contributed by atoms with Gasteiger partial charge in [0.25, 0.3) is 0 Å². The van der Waals surface area contributed by atoms with Gasteiger partial charge in [-0.3, -0.25) is 34.6 Å². The molecule has 0 aromatic heterocycles. The first-order chi connectivity index (χ1) is 21.4. The molecule has 12 unspecified atom stereocenters. The molecule has 0 aromatic carbocycles. The van der Waals surface area contributed by atoms with Crippen LogP contribution in [0.15, 0.2) is 0 Å². The standard InChI is InChI=1S/C29H44Cl2N4O10/c30-20-12-15(7-9-22(20)32-27(36)26-18(29(39)40)4-2-6-25(26)35(43)44)11-16-8-10-23(21(31)13-16)33-45-14-19-17(28(37)38)3-1-5-24(19)34(41)42/h15-26,33H,1-14H2,(H,32,36)(H,37,38)(H,39,40). The minimum Gasteiger partial charge on any atom is -0.481 e. The second-order valence-corrected chi connectivity index (χ2v) is 14.5. The van der Waals surface area contributed by atoms with Crippen molar-refractivity contribution in [3.8, 4) is 0 Å². The molecule has 16 heteroatoms. The molecule has 0 aromatic rings. The number of alkyl halides is 2. The van der Waals surface area contributed by atoms with E-state index >= 15 is 0 Å². The monoisotopic (exact) mass is 678 g/mol. The van der Waals surface area contributed by atoms with Crippen LogP contribution in [0.2, 0.25) is 0 Å². The number of amides is 1. The van der Waals surface area contributed by atoms with Crippen molar-refractivity contribution in [2.45, 2.75) is 118 Å². The topological polar surface area (TPSA) is 211 Å². The molecule has 4 rings (SSSR count). The van der Waals surface area contributed by atoms with E-state index in [0.717, 1.165) is 32.1 Å². The van der Waals surface area contributed by atoms with Gasteiger partial charge in [0.05, 0.1) is 35.1 Å². The van der Waals surface area contributed by atoms with Crippen molar-refractivity contribution in [2.75, 3.05) is 6.61 Å². The van der Waals surface area contributed by atoms with Gasteiger partial charge in [0.1, 0.15) is 5.92 Å². The summed E-state index contributed by atoms with van der Waals surface area (Å²) in [6.07, 6.45) is 7.30. The molecule has 14 nitrogen and oxygen atoms in total. The highest BCUT2D eigenvalue weighted by molar-refractivity contribution is 6.21. The highest BCUT2D eigenvalue weighted by Gasteiger charge is 2.49. The second kappa shape index (κ2) is 16.0. The van der Waals surface area contributed by atoms with Crippen LogP contribution in [0.25, 0.3) is 0 Å². The number of rotatable bonds is 12. The average molecular weight is 680 g/mol. The third-order valence-corrected chi connectivity index (χ3v) is 11.6. The molecule has 0 radical (unpaired) electrons. The van der Waals surface area contributed by atoms with Gasteiger partial charge in [-0.05, 0) is 82.5 Å². The third kappa shape index (κ3) is 8.95. The minimum absolute atomic E-state index is 0.0760. The van der Waals surface area contributed by atoms with Gasteiger partial charge in [-0.25, -0.2) is 0 Å². The van der Waals surface area contributed by atoms with Crippen LogP contribution in [0.5, 0.6) is 0 Å². The smallest absolute Gasteiger partial charge is 0.307 e. The summed E-state index contributed by atoms with van der Waals surface area (Å²) >= 11 is 13.4. The number of aliphatic carboxylic acids is 2. The van der Waals surface area contributed by atoms with Gasteiger partial charge in [0, 0.05) is 34.8 Å². The third-order valence-electron chi connectivity index (χ3n) is 10.6. The summed E-state index contributed by atoms with van der Waals surface area (Å²) in [5.74, 6) is -6.04. The number of nitrogens with zero attached hydrogens (tertiary/aromatic N) is 2. The summed E-state index contributed by atoms with van der Waals surface area (Å²) in [6.45, 7) is -0.0760. The van der Waals surface area contributed by atoms with Gasteiger partial charge in [0.15, 0.2) is 0 Å². The van der Waals surface area contributed by atoms with Gasteiger partial charge in [-0.2, -0.15) is 5.48 Å². The van der Waals surface area contributed by atoms with Crippen LogP contribution >= 0.6 is 23.2 Å². The van der Waals surface area contributed by atoms with Crippen LogP contribution < -0.4 is 10.8 Å². The van der Waals surface area contributed by atoms with Crippen molar-refractivity contribution < 1.29 is 39.3 Å². The first-order valence-corrected chi connectivity index (χ1v) is 16.9. The Bertz CT molecular complexity index is 1060. The van der Waals surface area contributed by atoms with Crippen molar-refractivity contribution in [3.05, 3.63) is 20.2 Å². The maximum atomic E-state index is 13.1. The van der Waals surface area contributed by atoms with Crippen LogP contribution in [0, 0.1) is 55.7 Å². The maximum Gasteiger partial charge on any atom is 0.307 e. The summed E-state index contributed by atoms with van der Waals surface area (Å²) in [7, 11) is 0. The zero-order valence-corrected chi connectivity index (χ0v) is 26.7. The van der Waals surface area contributed by atoms with Crippen molar-refractivity contribution >= 4 is 41.0 Å². The molecular formula is C29H44Cl2N4O10. The number of carbonyl (C=O) groups excluding carboxylic acids is 1. The highest BCUT2D eigenvalue weighted by atomic mass is 35.5. The lowest BCUT2D eigenvalue weighted by Gasteiger charge is -2.39. The Morgan fingerprint density at radius 2 is 1.29 bits per heavy atom. The molecule has 1 amide bonds. The second-order valence-electron chi connectivity index (χ2n) is 13.4. The SMILES string of the molecule is O=C(O)C1CCCC([N+](=O)[O-])C1CONC1CCC(CC2CCC(NC(=O)C3C(C(=O)O)CCCC3[N+](=O)[O-])C(Cl)C2)CC1Cl. The van der Waals surface area contributed by atoms with Crippen molar-refractivity contribution in [2.24, 2.45) is 35.5 Å². The molecule has 4 saturated carbocycles. The molecule has 0 spiro atoms. The van der Waals surface area contributed by atoms with Gasteiger partial charge >= 0.3 is 11.9 Å². The zero-order valence-electron chi connectivity index (χ0n) is 25.1. The van der Waals surface area contributed by atoms with E-state index in [2.05, 4.69) is 10.8 Å². The van der Waals surface area contributed by atoms with E-state index in [1.54, 1.807) is 0 Å². The Hall–Kier alpha value is -2.29. The van der Waals surface area contributed by atoms with Gasteiger partial charge in [-0.15, -0.1) is 23.2 Å². The van der Waals surface area contributed by atoms with Crippen LogP contribution in [-0.4, -0.2) is 79.4 Å². The van der Waals surface area contributed by atoms with E-state index in [9.17, 15) is 44.8 Å². The van der Waals surface area contributed by atoms with Crippen molar-refractivity contribution in [1.29, 1.82) is 0 Å². The minimum atomic E-state index is -1.23.